The molecule has 0 heterocycles. The van der Waals surface area contributed by atoms with Crippen LogP contribution < -0.4 is 5.32 Å². The monoisotopic (exact) mass is 279 g/mol. The first-order valence-electron chi connectivity index (χ1n) is 4.64. The number of amides is 1. The first kappa shape index (κ1) is 16.4. The number of alkyl halides is 3. The van der Waals surface area contributed by atoms with E-state index < -0.39 is 32.6 Å². The average molecular weight is 279 g/mol. The summed E-state index contributed by atoms with van der Waals surface area (Å²) in [6.45, 7) is 0.962. The topological polar surface area (TPSA) is 95.9 Å². The second-order valence-corrected chi connectivity index (χ2v) is 4.48. The lowest BCUT2D eigenvalue weighted by Gasteiger charge is -2.19. The molecule has 0 rings (SSSR count). The molecule has 102 valence electrons. The van der Waals surface area contributed by atoms with Gasteiger partial charge in [-0.2, -0.15) is 13.2 Å². The van der Waals surface area contributed by atoms with Gasteiger partial charge in [-0.1, -0.05) is 13.3 Å². The van der Waals surface area contributed by atoms with Crippen LogP contribution in [0.3, 0.4) is 0 Å². The number of rotatable bonds is 6. The zero-order valence-corrected chi connectivity index (χ0v) is 9.79. The number of carbonyl (C=O) groups is 1. The van der Waals surface area contributed by atoms with Gasteiger partial charge in [-0.05, 0) is 6.42 Å². The lowest BCUT2D eigenvalue weighted by molar-refractivity contribution is -0.174. The molecule has 1 atom stereocenters. The van der Waals surface area contributed by atoms with Gasteiger partial charge in [0.15, 0.2) is 0 Å². The van der Waals surface area contributed by atoms with E-state index >= 15 is 0 Å². The normalized spacial score (nSPS) is 14.5. The van der Waals surface area contributed by atoms with Gasteiger partial charge in [0.1, 0.15) is 0 Å². The van der Waals surface area contributed by atoms with Gasteiger partial charge in [-0.15, -0.1) is 0 Å². The lowest BCUT2D eigenvalue weighted by Crippen LogP contribution is -2.45. The van der Waals surface area contributed by atoms with Crippen molar-refractivity contribution in [2.45, 2.75) is 32.0 Å². The summed E-state index contributed by atoms with van der Waals surface area (Å²) in [6, 6.07) is -1.10. The van der Waals surface area contributed by atoms with Crippen LogP contribution in [0.1, 0.15) is 19.8 Å². The van der Waals surface area contributed by atoms with Crippen LogP contribution in [0, 0.1) is 0 Å². The van der Waals surface area contributed by atoms with Gasteiger partial charge in [0.2, 0.25) is 0 Å². The molecule has 0 spiro atoms. The third-order valence-corrected chi connectivity index (χ3v) is 2.16. The molecule has 0 aromatic heterocycles. The lowest BCUT2D eigenvalue weighted by atomic mass is 10.2. The van der Waals surface area contributed by atoms with Crippen molar-refractivity contribution < 1.29 is 36.8 Å². The summed E-state index contributed by atoms with van der Waals surface area (Å²) in [5, 5.41) is 1.60. The molecule has 0 bridgehead atoms. The van der Waals surface area contributed by atoms with Crippen molar-refractivity contribution in [1.82, 2.24) is 5.32 Å². The highest BCUT2D eigenvalue weighted by atomic mass is 31.2. The van der Waals surface area contributed by atoms with E-state index in [1.165, 1.54) is 0 Å². The summed E-state index contributed by atoms with van der Waals surface area (Å²) < 4.78 is 50.2. The molecule has 0 aliphatic heterocycles. The van der Waals surface area contributed by atoms with Gasteiger partial charge in [0, 0.05) is 0 Å². The van der Waals surface area contributed by atoms with Crippen LogP contribution in [0.5, 0.6) is 0 Å². The quantitative estimate of drug-likeness (QED) is 0.629. The number of hydrogen-bond acceptors (Lipinski definition) is 3. The minimum Gasteiger partial charge on any atom is -0.343 e. The largest absolute Gasteiger partial charge is 0.471 e. The second-order valence-electron chi connectivity index (χ2n) is 3.24. The van der Waals surface area contributed by atoms with E-state index in [4.69, 9.17) is 9.79 Å². The van der Waals surface area contributed by atoms with E-state index in [0.29, 0.717) is 6.42 Å². The molecule has 10 heteroatoms. The third-order valence-electron chi connectivity index (χ3n) is 1.67. The van der Waals surface area contributed by atoms with Crippen LogP contribution >= 0.6 is 7.82 Å². The van der Waals surface area contributed by atoms with Crippen molar-refractivity contribution in [2.24, 2.45) is 0 Å². The van der Waals surface area contributed by atoms with Crippen molar-refractivity contribution in [3.63, 3.8) is 0 Å². The molecule has 0 fully saturated rings. The van der Waals surface area contributed by atoms with E-state index in [-0.39, 0.29) is 6.42 Å². The minimum atomic E-state index is -5.03. The third kappa shape index (κ3) is 8.14. The zero-order valence-electron chi connectivity index (χ0n) is 8.90. The second kappa shape index (κ2) is 6.34. The van der Waals surface area contributed by atoms with Gasteiger partial charge < -0.3 is 15.1 Å². The average Bonchev–Trinajstić information content (AvgIpc) is 2.11. The Kier molecular flexibility index (Phi) is 6.11. The first-order chi connectivity index (χ1) is 7.56. The summed E-state index contributed by atoms with van der Waals surface area (Å²) >= 11 is 0. The Morgan fingerprint density at radius 3 is 2.35 bits per heavy atom. The van der Waals surface area contributed by atoms with E-state index in [2.05, 4.69) is 4.52 Å². The smallest absolute Gasteiger partial charge is 0.343 e. The maximum atomic E-state index is 11.9. The molecule has 0 aliphatic carbocycles. The molecule has 0 unspecified atom stereocenters. The molecule has 0 radical (unpaired) electrons. The Hall–Kier alpha value is -0.630. The number of carbonyl (C=O) groups excluding carboxylic acids is 1. The van der Waals surface area contributed by atoms with Crippen LogP contribution in [0.2, 0.25) is 0 Å². The Bertz CT molecular complexity index is 302. The summed E-state index contributed by atoms with van der Waals surface area (Å²) in [5.41, 5.74) is 0. The highest BCUT2D eigenvalue weighted by molar-refractivity contribution is 7.46. The Morgan fingerprint density at radius 2 is 2.00 bits per heavy atom. The fourth-order valence-electron chi connectivity index (χ4n) is 1.000. The fourth-order valence-corrected chi connectivity index (χ4v) is 1.37. The highest BCUT2D eigenvalue weighted by Crippen LogP contribution is 2.35. The van der Waals surface area contributed by atoms with Crippen molar-refractivity contribution in [3.05, 3.63) is 0 Å². The Labute approximate surface area is 95.4 Å². The highest BCUT2D eigenvalue weighted by Gasteiger charge is 2.39. The number of nitrogens with one attached hydrogen (secondary N) is 1. The maximum absolute atomic E-state index is 11.9. The van der Waals surface area contributed by atoms with Gasteiger partial charge in [0.25, 0.3) is 0 Å². The Balaban J connectivity index is 4.34. The molecule has 0 aromatic rings. The fraction of sp³-hybridized carbons (Fsp3) is 0.857. The van der Waals surface area contributed by atoms with Crippen LogP contribution in [-0.2, 0) is 13.9 Å². The molecule has 0 aliphatic rings. The van der Waals surface area contributed by atoms with Gasteiger partial charge in [-0.3, -0.25) is 9.32 Å². The van der Waals surface area contributed by atoms with Gasteiger partial charge in [0.05, 0.1) is 12.6 Å². The van der Waals surface area contributed by atoms with Crippen LogP contribution in [-0.4, -0.2) is 34.5 Å². The van der Waals surface area contributed by atoms with Crippen LogP contribution in [0.4, 0.5) is 13.2 Å². The molecule has 6 nitrogen and oxygen atoms in total. The molecular formula is C7H13F3NO5P. The first-order valence-corrected chi connectivity index (χ1v) is 6.17. The van der Waals surface area contributed by atoms with Crippen molar-refractivity contribution in [1.29, 1.82) is 0 Å². The zero-order chi connectivity index (χ0) is 13.7. The van der Waals surface area contributed by atoms with E-state index in [1.807, 2.05) is 0 Å². The molecule has 17 heavy (non-hydrogen) atoms. The van der Waals surface area contributed by atoms with E-state index in [9.17, 15) is 22.5 Å². The molecule has 3 N–H and O–H groups in total. The number of phosphoric ester groups is 1. The summed E-state index contributed by atoms with van der Waals surface area (Å²) in [4.78, 5) is 27.4. The molecule has 1 amide bonds. The van der Waals surface area contributed by atoms with Crippen molar-refractivity contribution in [3.8, 4) is 0 Å². The molecule has 0 aromatic carbocycles. The van der Waals surface area contributed by atoms with Crippen LogP contribution in [0.25, 0.3) is 0 Å². The minimum absolute atomic E-state index is 0.113. The summed E-state index contributed by atoms with van der Waals surface area (Å²) in [7, 11) is -4.76. The molecule has 0 saturated carbocycles. The molecule has 0 saturated heterocycles. The Morgan fingerprint density at radius 1 is 1.47 bits per heavy atom. The predicted molar refractivity (Wildman–Crippen MR) is 50.9 cm³/mol. The van der Waals surface area contributed by atoms with Gasteiger partial charge in [-0.25, -0.2) is 4.57 Å². The standard InChI is InChI=1S/C7H13F3NO5P/c1-2-3-5(4-16-17(13,14)15)11-6(12)7(8,9)10/h5H,2-4H2,1H3,(H,11,12)(H2,13,14,15)/t5-/m1/s1. The predicted octanol–water partition coefficient (Wildman–Crippen LogP) is 0.943. The molecular weight excluding hydrogens is 266 g/mol. The number of hydrogen-bond donors (Lipinski definition) is 3. The van der Waals surface area contributed by atoms with E-state index in [0.717, 1.165) is 0 Å². The number of phosphoric acid groups is 1. The number of halogens is 3. The van der Waals surface area contributed by atoms with E-state index in [1.54, 1.807) is 12.2 Å². The van der Waals surface area contributed by atoms with Crippen LogP contribution in [0.15, 0.2) is 0 Å². The van der Waals surface area contributed by atoms with Crippen molar-refractivity contribution >= 4 is 13.7 Å². The SMILES string of the molecule is CCC[C@H](COP(=O)(O)O)NC(=O)C(F)(F)F. The summed E-state index contributed by atoms with van der Waals surface area (Å²) in [6.07, 6.45) is -4.50. The summed E-state index contributed by atoms with van der Waals surface area (Å²) in [5.74, 6) is -2.16. The maximum Gasteiger partial charge on any atom is 0.471 e. The van der Waals surface area contributed by atoms with Gasteiger partial charge >= 0.3 is 19.9 Å². The van der Waals surface area contributed by atoms with Crippen molar-refractivity contribution in [2.75, 3.05) is 6.61 Å².